The van der Waals surface area contributed by atoms with Crippen LogP contribution in [0.1, 0.15) is 25.0 Å². The second-order valence-corrected chi connectivity index (χ2v) is 7.10. The maximum Gasteiger partial charge on any atom is 0.235 e. The van der Waals surface area contributed by atoms with Gasteiger partial charge in [0.15, 0.2) is 0 Å². The van der Waals surface area contributed by atoms with Crippen molar-refractivity contribution in [2.24, 2.45) is 0 Å². The molecule has 0 heterocycles. The summed E-state index contributed by atoms with van der Waals surface area (Å²) in [5.74, 6) is -0.562. The Kier molecular flexibility index (Phi) is 5.98. The molecule has 0 aromatic heterocycles. The van der Waals surface area contributed by atoms with Gasteiger partial charge in [0.1, 0.15) is 0 Å². The number of benzene rings is 1. The van der Waals surface area contributed by atoms with E-state index in [2.05, 4.69) is 10.0 Å². The van der Waals surface area contributed by atoms with Gasteiger partial charge in [0.05, 0.1) is 12.3 Å². The van der Waals surface area contributed by atoms with Crippen LogP contribution in [-0.2, 0) is 20.6 Å². The summed E-state index contributed by atoms with van der Waals surface area (Å²) in [6.45, 7) is 5.19. The van der Waals surface area contributed by atoms with E-state index in [1.165, 1.54) is 0 Å². The predicted molar refractivity (Wildman–Crippen MR) is 80.1 cm³/mol. The molecule has 0 saturated heterocycles. The number of amides is 1. The zero-order valence-electron chi connectivity index (χ0n) is 11.7. The van der Waals surface area contributed by atoms with Crippen molar-refractivity contribution in [1.82, 2.24) is 10.0 Å². The topological polar surface area (TPSA) is 75.3 Å². The quantitative estimate of drug-likeness (QED) is 0.836. The number of carbonyl (C=O) groups excluding carboxylic acids is 1. The molecule has 0 spiro atoms. The van der Waals surface area contributed by atoms with Crippen molar-refractivity contribution in [3.05, 3.63) is 34.3 Å². The maximum atomic E-state index is 11.9. The third-order valence-electron chi connectivity index (χ3n) is 2.50. The lowest BCUT2D eigenvalue weighted by atomic mass is 10.2. The normalized spacial score (nSPS) is 11.7. The van der Waals surface area contributed by atoms with Crippen LogP contribution in [0, 0.1) is 6.92 Å². The minimum atomic E-state index is -3.56. The summed E-state index contributed by atoms with van der Waals surface area (Å²) in [4.78, 5) is 11.4. The predicted octanol–water partition coefficient (Wildman–Crippen LogP) is 1.59. The van der Waals surface area contributed by atoms with Crippen LogP contribution >= 0.6 is 11.6 Å². The van der Waals surface area contributed by atoms with Gasteiger partial charge in [-0.25, -0.2) is 13.1 Å². The second kappa shape index (κ2) is 7.06. The number of sulfonamides is 1. The number of hydrogen-bond donors (Lipinski definition) is 2. The first kappa shape index (κ1) is 16.9. The van der Waals surface area contributed by atoms with Crippen molar-refractivity contribution >= 4 is 27.5 Å². The van der Waals surface area contributed by atoms with Crippen molar-refractivity contribution in [1.29, 1.82) is 0 Å². The van der Waals surface area contributed by atoms with Gasteiger partial charge in [-0.2, -0.15) is 0 Å². The average Bonchev–Trinajstić information content (AvgIpc) is 2.30. The number of hydrogen-bond acceptors (Lipinski definition) is 3. The molecule has 0 aliphatic carbocycles. The first-order valence-electron chi connectivity index (χ1n) is 6.21. The lowest BCUT2D eigenvalue weighted by Crippen LogP contribution is -2.40. The van der Waals surface area contributed by atoms with Gasteiger partial charge in [-0.05, 0) is 38.0 Å². The molecule has 1 aromatic carbocycles. The van der Waals surface area contributed by atoms with Gasteiger partial charge >= 0.3 is 0 Å². The fraction of sp³-hybridized carbons (Fsp3) is 0.462. The molecule has 0 aliphatic rings. The van der Waals surface area contributed by atoms with E-state index in [-0.39, 0.29) is 24.2 Å². The van der Waals surface area contributed by atoms with Crippen molar-refractivity contribution in [3.8, 4) is 0 Å². The van der Waals surface area contributed by atoms with Gasteiger partial charge in [0.25, 0.3) is 0 Å². The summed E-state index contributed by atoms with van der Waals surface area (Å²) < 4.78 is 26.0. The number of halogens is 1. The van der Waals surface area contributed by atoms with E-state index >= 15 is 0 Å². The highest BCUT2D eigenvalue weighted by molar-refractivity contribution is 7.88. The fourth-order valence-corrected chi connectivity index (χ4v) is 2.82. The van der Waals surface area contributed by atoms with Crippen molar-refractivity contribution < 1.29 is 13.2 Å². The molecule has 5 nitrogen and oxygen atoms in total. The Hall–Kier alpha value is -1.11. The molecule has 0 saturated carbocycles. The standard InChI is InChI=1S/C13H19ClN2O3S/c1-9(2)16-13(17)7-15-20(18,19)8-11-5-4-10(3)12(14)6-11/h4-6,9,15H,7-8H2,1-3H3,(H,16,17). The minimum Gasteiger partial charge on any atom is -0.353 e. The monoisotopic (exact) mass is 318 g/mol. The van der Waals surface area contributed by atoms with Crippen LogP contribution in [0.3, 0.4) is 0 Å². The van der Waals surface area contributed by atoms with E-state index in [9.17, 15) is 13.2 Å². The largest absolute Gasteiger partial charge is 0.353 e. The Morgan fingerprint density at radius 3 is 2.55 bits per heavy atom. The van der Waals surface area contributed by atoms with Gasteiger partial charge in [0, 0.05) is 11.1 Å². The summed E-state index contributed by atoms with van der Waals surface area (Å²) in [6.07, 6.45) is 0. The Morgan fingerprint density at radius 1 is 1.35 bits per heavy atom. The van der Waals surface area contributed by atoms with Crippen molar-refractivity contribution in [3.63, 3.8) is 0 Å². The lowest BCUT2D eigenvalue weighted by Gasteiger charge is -2.10. The molecule has 7 heteroatoms. The molecule has 0 fully saturated rings. The van der Waals surface area contributed by atoms with Crippen LogP contribution in [0.4, 0.5) is 0 Å². The Balaban J connectivity index is 2.61. The smallest absolute Gasteiger partial charge is 0.235 e. The van der Waals surface area contributed by atoms with Gasteiger partial charge in [0.2, 0.25) is 15.9 Å². The number of aryl methyl sites for hydroxylation is 1. The molecule has 20 heavy (non-hydrogen) atoms. The molecule has 1 aromatic rings. The third-order valence-corrected chi connectivity index (χ3v) is 4.20. The highest BCUT2D eigenvalue weighted by Crippen LogP contribution is 2.17. The Morgan fingerprint density at radius 2 is 2.00 bits per heavy atom. The number of carbonyl (C=O) groups is 1. The summed E-state index contributed by atoms with van der Waals surface area (Å²) in [6, 6.07) is 5.06. The zero-order chi connectivity index (χ0) is 15.3. The zero-order valence-corrected chi connectivity index (χ0v) is 13.3. The SMILES string of the molecule is Cc1ccc(CS(=O)(=O)NCC(=O)NC(C)C)cc1Cl. The van der Waals surface area contributed by atoms with Gasteiger partial charge < -0.3 is 5.32 Å². The summed E-state index contributed by atoms with van der Waals surface area (Å²) in [5.41, 5.74) is 1.47. The molecule has 1 rings (SSSR count). The molecular weight excluding hydrogens is 300 g/mol. The van der Waals surface area contributed by atoms with Crippen LogP contribution in [0.15, 0.2) is 18.2 Å². The molecule has 0 atom stereocenters. The van der Waals surface area contributed by atoms with Crippen LogP contribution < -0.4 is 10.0 Å². The molecule has 1 amide bonds. The molecule has 2 N–H and O–H groups in total. The number of nitrogens with one attached hydrogen (secondary N) is 2. The second-order valence-electron chi connectivity index (χ2n) is 4.89. The summed E-state index contributed by atoms with van der Waals surface area (Å²) in [5, 5.41) is 3.13. The highest BCUT2D eigenvalue weighted by atomic mass is 35.5. The van der Waals surface area contributed by atoms with E-state index in [0.717, 1.165) is 5.56 Å². The van der Waals surface area contributed by atoms with E-state index in [0.29, 0.717) is 10.6 Å². The molecule has 112 valence electrons. The lowest BCUT2D eigenvalue weighted by molar-refractivity contribution is -0.120. The van der Waals surface area contributed by atoms with Crippen LogP contribution in [0.2, 0.25) is 5.02 Å². The highest BCUT2D eigenvalue weighted by Gasteiger charge is 2.14. The van der Waals surface area contributed by atoms with Crippen molar-refractivity contribution in [2.75, 3.05) is 6.54 Å². The first-order valence-corrected chi connectivity index (χ1v) is 8.24. The van der Waals surface area contributed by atoms with Crippen LogP contribution in [-0.4, -0.2) is 26.9 Å². The minimum absolute atomic E-state index is 0.0251. The van der Waals surface area contributed by atoms with Gasteiger partial charge in [-0.1, -0.05) is 23.7 Å². The number of rotatable bonds is 6. The summed E-state index contributed by atoms with van der Waals surface area (Å²) >= 11 is 5.95. The third kappa shape index (κ3) is 5.90. The summed E-state index contributed by atoms with van der Waals surface area (Å²) in [7, 11) is -3.56. The molecule has 0 bridgehead atoms. The van der Waals surface area contributed by atoms with E-state index in [4.69, 9.17) is 11.6 Å². The molecule has 0 radical (unpaired) electrons. The van der Waals surface area contributed by atoms with Gasteiger partial charge in [-0.15, -0.1) is 0 Å². The van der Waals surface area contributed by atoms with Crippen LogP contribution in [0.5, 0.6) is 0 Å². The van der Waals surface area contributed by atoms with Crippen molar-refractivity contribution in [2.45, 2.75) is 32.6 Å². The Labute approximate surface area is 124 Å². The van der Waals surface area contributed by atoms with Crippen LogP contribution in [0.25, 0.3) is 0 Å². The Bertz CT molecular complexity index is 585. The van der Waals surface area contributed by atoms with E-state index < -0.39 is 10.0 Å². The van der Waals surface area contributed by atoms with E-state index in [1.807, 2.05) is 6.92 Å². The first-order chi connectivity index (χ1) is 9.19. The van der Waals surface area contributed by atoms with E-state index in [1.54, 1.807) is 32.0 Å². The van der Waals surface area contributed by atoms with Gasteiger partial charge in [-0.3, -0.25) is 4.79 Å². The molecule has 0 aliphatic heterocycles. The fourth-order valence-electron chi connectivity index (χ4n) is 1.55. The molecule has 0 unspecified atom stereocenters. The maximum absolute atomic E-state index is 11.9. The average molecular weight is 319 g/mol. The molecular formula is C13H19ClN2O3S.